The zero-order chi connectivity index (χ0) is 20.8. The van der Waals surface area contributed by atoms with Crippen LogP contribution in [-0.4, -0.2) is 32.6 Å². The molecule has 1 aromatic heterocycles. The van der Waals surface area contributed by atoms with Crippen LogP contribution in [0.5, 0.6) is 0 Å². The third kappa shape index (κ3) is 5.22. The molecule has 6 nitrogen and oxygen atoms in total. The number of carbonyl (C=O) groups excluding carboxylic acids is 2. The molecule has 7 heteroatoms. The van der Waals surface area contributed by atoms with Gasteiger partial charge in [0.15, 0.2) is 6.61 Å². The topological polar surface area (TPSA) is 71.8 Å². The second-order valence-electron chi connectivity index (χ2n) is 6.56. The predicted molar refractivity (Wildman–Crippen MR) is 107 cm³/mol. The normalized spacial score (nSPS) is 10.4. The van der Waals surface area contributed by atoms with Crippen molar-refractivity contribution in [2.45, 2.75) is 6.54 Å². The Morgan fingerprint density at radius 1 is 1.03 bits per heavy atom. The Labute approximate surface area is 167 Å². The number of furan rings is 1. The molecular weight excluding hydrogens is 375 g/mol. The highest BCUT2D eigenvalue weighted by Gasteiger charge is 2.16. The van der Waals surface area contributed by atoms with E-state index in [4.69, 9.17) is 9.15 Å². The van der Waals surface area contributed by atoms with E-state index in [0.29, 0.717) is 6.54 Å². The fraction of sp³-hybridized carbons (Fsp3) is 0.182. The third-order valence-corrected chi connectivity index (χ3v) is 4.22. The Morgan fingerprint density at radius 3 is 2.45 bits per heavy atom. The SMILES string of the molecule is CN(C)c1ccc(CNC(=O)COC(=O)c2ccc(-c3ccccc3F)o2)cc1. The first kappa shape index (κ1) is 20.1. The minimum absolute atomic E-state index is 0.102. The molecule has 0 radical (unpaired) electrons. The minimum Gasteiger partial charge on any atom is -0.450 e. The van der Waals surface area contributed by atoms with E-state index in [9.17, 15) is 14.0 Å². The van der Waals surface area contributed by atoms with Crippen LogP contribution in [0.25, 0.3) is 11.3 Å². The van der Waals surface area contributed by atoms with Crippen molar-refractivity contribution in [3.8, 4) is 11.3 Å². The number of ether oxygens (including phenoxy) is 1. The van der Waals surface area contributed by atoms with Crippen molar-refractivity contribution in [1.82, 2.24) is 5.32 Å². The van der Waals surface area contributed by atoms with Crippen LogP contribution in [0.4, 0.5) is 10.1 Å². The van der Waals surface area contributed by atoms with Gasteiger partial charge in [-0.1, -0.05) is 24.3 Å². The van der Waals surface area contributed by atoms with E-state index in [1.165, 1.54) is 18.2 Å². The molecule has 0 atom stereocenters. The van der Waals surface area contributed by atoms with Crippen molar-refractivity contribution in [3.05, 3.63) is 77.8 Å². The maximum absolute atomic E-state index is 13.8. The highest BCUT2D eigenvalue weighted by Crippen LogP contribution is 2.25. The van der Waals surface area contributed by atoms with E-state index in [1.54, 1.807) is 18.2 Å². The molecule has 3 rings (SSSR count). The third-order valence-electron chi connectivity index (χ3n) is 4.22. The summed E-state index contributed by atoms with van der Waals surface area (Å²) in [6.45, 7) is -0.118. The zero-order valence-electron chi connectivity index (χ0n) is 16.1. The van der Waals surface area contributed by atoms with Gasteiger partial charge in [-0.05, 0) is 42.0 Å². The quantitative estimate of drug-likeness (QED) is 0.618. The van der Waals surface area contributed by atoms with Gasteiger partial charge in [0.25, 0.3) is 5.91 Å². The van der Waals surface area contributed by atoms with Gasteiger partial charge in [-0.15, -0.1) is 0 Å². The molecule has 0 aliphatic heterocycles. The molecule has 1 heterocycles. The van der Waals surface area contributed by atoms with Crippen molar-refractivity contribution in [2.24, 2.45) is 0 Å². The molecule has 0 aliphatic carbocycles. The Balaban J connectivity index is 1.49. The predicted octanol–water partition coefficient (Wildman–Crippen LogP) is 3.62. The molecule has 0 fully saturated rings. The van der Waals surface area contributed by atoms with E-state index >= 15 is 0 Å². The Bertz CT molecular complexity index is 996. The van der Waals surface area contributed by atoms with Crippen LogP contribution in [0.1, 0.15) is 16.1 Å². The second kappa shape index (κ2) is 9.05. The van der Waals surface area contributed by atoms with Gasteiger partial charge >= 0.3 is 5.97 Å². The lowest BCUT2D eigenvalue weighted by Gasteiger charge is -2.13. The molecule has 29 heavy (non-hydrogen) atoms. The molecule has 0 saturated carbocycles. The number of nitrogens with zero attached hydrogens (tertiary/aromatic N) is 1. The lowest BCUT2D eigenvalue weighted by molar-refractivity contribution is -0.124. The lowest BCUT2D eigenvalue weighted by atomic mass is 10.1. The summed E-state index contributed by atoms with van der Waals surface area (Å²) in [4.78, 5) is 26.0. The van der Waals surface area contributed by atoms with Crippen LogP contribution in [-0.2, 0) is 16.1 Å². The first-order valence-electron chi connectivity index (χ1n) is 8.99. The number of benzene rings is 2. The number of esters is 1. The van der Waals surface area contributed by atoms with Crippen molar-refractivity contribution >= 4 is 17.6 Å². The molecular formula is C22H21FN2O4. The van der Waals surface area contributed by atoms with Crippen LogP contribution >= 0.6 is 0 Å². The first-order chi connectivity index (χ1) is 13.9. The summed E-state index contributed by atoms with van der Waals surface area (Å²) in [7, 11) is 3.90. The molecule has 1 N–H and O–H groups in total. The van der Waals surface area contributed by atoms with Crippen LogP contribution < -0.4 is 10.2 Å². The highest BCUT2D eigenvalue weighted by molar-refractivity contribution is 5.89. The number of hydrogen-bond donors (Lipinski definition) is 1. The van der Waals surface area contributed by atoms with E-state index in [2.05, 4.69) is 5.32 Å². The number of hydrogen-bond acceptors (Lipinski definition) is 5. The first-order valence-corrected chi connectivity index (χ1v) is 8.99. The van der Waals surface area contributed by atoms with E-state index < -0.39 is 24.3 Å². The number of nitrogens with one attached hydrogen (secondary N) is 1. The molecule has 0 aliphatic rings. The van der Waals surface area contributed by atoms with Crippen LogP contribution in [0, 0.1) is 5.82 Å². The number of carbonyl (C=O) groups is 2. The number of halogens is 1. The largest absolute Gasteiger partial charge is 0.450 e. The number of rotatable bonds is 7. The number of amides is 1. The summed E-state index contributed by atoms with van der Waals surface area (Å²) in [5.41, 5.74) is 2.22. The molecule has 3 aromatic rings. The van der Waals surface area contributed by atoms with Crippen molar-refractivity contribution < 1.29 is 23.1 Å². The van der Waals surface area contributed by atoms with Crippen LogP contribution in [0.15, 0.2) is 65.1 Å². The summed E-state index contributed by atoms with van der Waals surface area (Å²) >= 11 is 0. The average Bonchev–Trinajstić information content (AvgIpc) is 3.21. The van der Waals surface area contributed by atoms with Gasteiger partial charge in [0.1, 0.15) is 11.6 Å². The summed E-state index contributed by atoms with van der Waals surface area (Å²) in [6.07, 6.45) is 0. The average molecular weight is 396 g/mol. The van der Waals surface area contributed by atoms with Crippen molar-refractivity contribution in [3.63, 3.8) is 0 Å². The molecule has 0 saturated heterocycles. The highest BCUT2D eigenvalue weighted by atomic mass is 19.1. The van der Waals surface area contributed by atoms with Gasteiger partial charge < -0.3 is 19.4 Å². The molecule has 0 spiro atoms. The zero-order valence-corrected chi connectivity index (χ0v) is 16.1. The molecule has 150 valence electrons. The minimum atomic E-state index is -0.793. The van der Waals surface area contributed by atoms with Gasteiger partial charge in [-0.2, -0.15) is 0 Å². The van der Waals surface area contributed by atoms with Crippen molar-refractivity contribution in [1.29, 1.82) is 0 Å². The van der Waals surface area contributed by atoms with Gasteiger partial charge in [0, 0.05) is 26.3 Å². The van der Waals surface area contributed by atoms with Crippen LogP contribution in [0.3, 0.4) is 0 Å². The fourth-order valence-electron chi connectivity index (χ4n) is 2.62. The van der Waals surface area contributed by atoms with E-state index in [1.807, 2.05) is 43.3 Å². The standard InChI is InChI=1S/C22H21FN2O4/c1-25(2)16-9-7-15(8-10-16)13-24-21(26)14-28-22(27)20-12-11-19(29-20)17-5-3-4-6-18(17)23/h3-12H,13-14H2,1-2H3,(H,24,26). The molecule has 2 aromatic carbocycles. The number of anilines is 1. The van der Waals surface area contributed by atoms with Gasteiger partial charge in [0.2, 0.25) is 5.76 Å². The monoisotopic (exact) mass is 396 g/mol. The van der Waals surface area contributed by atoms with E-state index in [0.717, 1.165) is 11.3 Å². The van der Waals surface area contributed by atoms with Crippen LogP contribution in [0.2, 0.25) is 0 Å². The fourth-order valence-corrected chi connectivity index (χ4v) is 2.62. The smallest absolute Gasteiger partial charge is 0.374 e. The van der Waals surface area contributed by atoms with Gasteiger partial charge in [0.05, 0.1) is 5.56 Å². The Hall–Kier alpha value is -3.61. The maximum atomic E-state index is 13.8. The van der Waals surface area contributed by atoms with E-state index in [-0.39, 0.29) is 17.1 Å². The summed E-state index contributed by atoms with van der Waals surface area (Å²) in [5.74, 6) is -1.58. The van der Waals surface area contributed by atoms with Gasteiger partial charge in [-0.3, -0.25) is 4.79 Å². The Kier molecular flexibility index (Phi) is 6.29. The summed E-state index contributed by atoms with van der Waals surface area (Å²) in [6, 6.07) is 16.7. The van der Waals surface area contributed by atoms with Gasteiger partial charge in [-0.25, -0.2) is 9.18 Å². The maximum Gasteiger partial charge on any atom is 0.374 e. The summed E-state index contributed by atoms with van der Waals surface area (Å²) < 4.78 is 24.1. The Morgan fingerprint density at radius 2 is 1.76 bits per heavy atom. The summed E-state index contributed by atoms with van der Waals surface area (Å²) in [5, 5.41) is 2.68. The van der Waals surface area contributed by atoms with Crippen molar-refractivity contribution in [2.75, 3.05) is 25.6 Å². The molecule has 0 unspecified atom stereocenters. The molecule has 0 bridgehead atoms. The second-order valence-corrected chi connectivity index (χ2v) is 6.56. The lowest BCUT2D eigenvalue weighted by Crippen LogP contribution is -2.28. The molecule has 1 amide bonds.